The second kappa shape index (κ2) is 68.3. The molecule has 512 valence electrons. The van der Waals surface area contributed by atoms with Crippen LogP contribution in [0.5, 0.6) is 11.5 Å². The highest BCUT2D eigenvalue weighted by Crippen LogP contribution is 2.28. The van der Waals surface area contributed by atoms with Crippen molar-refractivity contribution in [1.82, 2.24) is 0 Å². The minimum atomic E-state index is -0.761. The van der Waals surface area contributed by atoms with Crippen molar-refractivity contribution in [3.8, 4) is 35.2 Å². The molecule has 4 N–H and O–H groups in total. The van der Waals surface area contributed by atoms with Crippen LogP contribution >= 0.6 is 0 Å². The molecule has 2 saturated carbocycles. The van der Waals surface area contributed by atoms with E-state index in [1.165, 1.54) is 205 Å². The smallest absolute Gasteiger partial charge is 0.148 e. The number of allylic oxidation sites excluding steroid dienone is 18. The van der Waals surface area contributed by atoms with Crippen LogP contribution in [0, 0.1) is 35.5 Å². The van der Waals surface area contributed by atoms with Crippen LogP contribution < -0.4 is 9.47 Å². The fourth-order valence-electron chi connectivity index (χ4n) is 10.3. The molecule has 0 aliphatic heterocycles. The summed E-state index contributed by atoms with van der Waals surface area (Å²) in [6.45, 7) is 9.39. The number of benzene rings is 2. The van der Waals surface area contributed by atoms with E-state index in [-0.39, 0.29) is 19.3 Å². The van der Waals surface area contributed by atoms with Gasteiger partial charge in [-0.1, -0.05) is 287 Å². The van der Waals surface area contributed by atoms with Gasteiger partial charge in [0.15, 0.2) is 0 Å². The summed E-state index contributed by atoms with van der Waals surface area (Å²) in [6.07, 6.45) is 87.3. The monoisotopic (exact) mass is 1260 g/mol. The summed E-state index contributed by atoms with van der Waals surface area (Å²) in [5.74, 6) is 14.1. The molecule has 6 heteroatoms. The van der Waals surface area contributed by atoms with Gasteiger partial charge in [-0.3, -0.25) is 0 Å². The summed E-state index contributed by atoms with van der Waals surface area (Å²) in [5.41, 5.74) is 0. The third-order valence-corrected chi connectivity index (χ3v) is 16.1. The van der Waals surface area contributed by atoms with E-state index in [1.807, 2.05) is 97.1 Å². The van der Waals surface area contributed by atoms with E-state index >= 15 is 0 Å². The van der Waals surface area contributed by atoms with Crippen molar-refractivity contribution in [3.05, 3.63) is 182 Å². The number of para-hydroxylation sites is 2. The highest BCUT2D eigenvalue weighted by atomic mass is 16.5. The molecule has 0 radical (unpaired) electrons. The lowest BCUT2D eigenvalue weighted by Crippen LogP contribution is -2.20. The van der Waals surface area contributed by atoms with Crippen LogP contribution in [0.4, 0.5) is 0 Å². The molecule has 2 aromatic carbocycles. The SMILES string of the molecule is CCCC/C=C\CCCC/C=C\C#CC(O)C1CCCCC1.CCCC/C=C\CCCC/C=C\C#CC(O)COc1ccccc1.CCCC/C=C\CCCC/C=C\C=C\C(O)C1CCCCC1.CCCC/C=C\CCCC/C=C\C=C\C(O)COc1ccccc1. The van der Waals surface area contributed by atoms with Crippen molar-refractivity contribution in [2.24, 2.45) is 11.8 Å². The molecule has 2 aliphatic rings. The highest BCUT2D eigenvalue weighted by molar-refractivity contribution is 5.23. The predicted octanol–water partition coefficient (Wildman–Crippen LogP) is 23.3. The van der Waals surface area contributed by atoms with Crippen LogP contribution in [-0.4, -0.2) is 58.1 Å². The largest absolute Gasteiger partial charge is 0.491 e. The Morgan fingerprint density at radius 1 is 0.370 bits per heavy atom. The molecule has 2 aliphatic carbocycles. The topological polar surface area (TPSA) is 99.4 Å². The van der Waals surface area contributed by atoms with Crippen molar-refractivity contribution in [1.29, 1.82) is 0 Å². The first-order valence-corrected chi connectivity index (χ1v) is 37.0. The normalized spacial score (nSPS) is 15.4. The summed E-state index contributed by atoms with van der Waals surface area (Å²) >= 11 is 0. The first kappa shape index (κ1) is 84.4. The van der Waals surface area contributed by atoms with E-state index in [1.54, 1.807) is 6.08 Å². The van der Waals surface area contributed by atoms with Gasteiger partial charge in [-0.15, -0.1) is 0 Å². The third-order valence-electron chi connectivity index (χ3n) is 16.1. The molecule has 0 aromatic heterocycles. The van der Waals surface area contributed by atoms with E-state index in [4.69, 9.17) is 9.47 Å². The van der Waals surface area contributed by atoms with Crippen LogP contribution in [0.1, 0.15) is 272 Å². The van der Waals surface area contributed by atoms with Gasteiger partial charge in [-0.2, -0.15) is 0 Å². The molecule has 0 bridgehead atoms. The molecule has 0 saturated heterocycles. The number of rotatable bonds is 44. The molecule has 4 rings (SSSR count). The van der Waals surface area contributed by atoms with Gasteiger partial charge in [0.1, 0.15) is 43.0 Å². The van der Waals surface area contributed by atoms with Crippen LogP contribution in [0.25, 0.3) is 0 Å². The lowest BCUT2D eigenvalue weighted by Gasteiger charge is -2.24. The summed E-state index contributed by atoms with van der Waals surface area (Å²) < 4.78 is 10.9. The van der Waals surface area contributed by atoms with Gasteiger partial charge in [0.2, 0.25) is 0 Å². The zero-order valence-electron chi connectivity index (χ0n) is 58.7. The zero-order chi connectivity index (χ0) is 66.4. The van der Waals surface area contributed by atoms with Gasteiger partial charge in [0.25, 0.3) is 0 Å². The van der Waals surface area contributed by atoms with E-state index in [9.17, 15) is 20.4 Å². The Kier molecular flexibility index (Phi) is 62.6. The van der Waals surface area contributed by atoms with E-state index in [2.05, 4.69) is 130 Å². The van der Waals surface area contributed by atoms with Gasteiger partial charge in [0, 0.05) is 0 Å². The second-order valence-corrected chi connectivity index (χ2v) is 24.7. The van der Waals surface area contributed by atoms with Crippen LogP contribution in [-0.2, 0) is 0 Å². The van der Waals surface area contributed by atoms with Crippen LogP contribution in [0.15, 0.2) is 182 Å². The number of aliphatic hydroxyl groups excluding tert-OH is 4. The van der Waals surface area contributed by atoms with Crippen molar-refractivity contribution in [3.63, 3.8) is 0 Å². The Bertz CT molecular complexity index is 2330. The van der Waals surface area contributed by atoms with Crippen LogP contribution in [0.2, 0.25) is 0 Å². The molecule has 4 atom stereocenters. The standard InChI is InChI=1S/C22H32O2.C22H30O2.C21H36O.C21H34O/c2*1-2-3-4-5-6-7-8-9-10-11-12-14-17-21(23)20-24-22-18-15-13-16-19-22;2*1-2-3-4-5-6-7-8-9-10-11-12-16-19-21(22)20-17-14-13-15-18-20/h5-6,11-19,21,23H,2-4,7-10,20H2,1H3;5-6,11-13,15-16,18-19,21,23H,2-4,7-10,20H2,1H3;5-6,11-12,16,19-22H,2-4,7-10,13-15,17-18H2,1H3;5-6,11-12,20-22H,2-4,7-10,13-15,17-18H2,1H3/b6-5-,12-11-,17-14+;6-5-,12-11-;6-5-,12-11-,19-16+;6-5-,12-11-. The number of aliphatic hydroxyl groups is 4. The Hall–Kier alpha value is -5.60. The van der Waals surface area contributed by atoms with Crippen molar-refractivity contribution in [2.45, 2.75) is 296 Å². The second-order valence-electron chi connectivity index (χ2n) is 24.7. The zero-order valence-corrected chi connectivity index (χ0v) is 58.7. The molecule has 4 unspecified atom stereocenters. The molecule has 0 spiro atoms. The Labute approximate surface area is 565 Å². The minimum absolute atomic E-state index is 0.190. The third kappa shape index (κ3) is 58.2. The summed E-state index contributed by atoms with van der Waals surface area (Å²) in [5, 5.41) is 39.7. The Morgan fingerprint density at radius 3 is 1.11 bits per heavy atom. The molecular formula is C86H132O6. The van der Waals surface area contributed by atoms with Crippen molar-refractivity contribution in [2.75, 3.05) is 13.2 Å². The molecule has 0 amide bonds. The number of hydrogen-bond donors (Lipinski definition) is 4. The van der Waals surface area contributed by atoms with Gasteiger partial charge in [0.05, 0.1) is 6.10 Å². The Balaban J connectivity index is 0.000000614. The average molecular weight is 1260 g/mol. The number of unbranched alkanes of at least 4 members (excludes halogenated alkanes) is 20. The maximum Gasteiger partial charge on any atom is 0.148 e. The van der Waals surface area contributed by atoms with Gasteiger partial charge >= 0.3 is 0 Å². The lowest BCUT2D eigenvalue weighted by molar-refractivity contribution is 0.125. The Morgan fingerprint density at radius 2 is 0.707 bits per heavy atom. The maximum absolute atomic E-state index is 10.1. The number of hydrogen-bond acceptors (Lipinski definition) is 6. The van der Waals surface area contributed by atoms with E-state index in [0.717, 1.165) is 50.0 Å². The summed E-state index contributed by atoms with van der Waals surface area (Å²) in [7, 11) is 0. The lowest BCUT2D eigenvalue weighted by atomic mass is 9.85. The van der Waals surface area contributed by atoms with Gasteiger partial charge < -0.3 is 29.9 Å². The van der Waals surface area contributed by atoms with E-state index in [0.29, 0.717) is 11.8 Å². The maximum atomic E-state index is 10.1. The van der Waals surface area contributed by atoms with Crippen molar-refractivity contribution >= 4 is 0 Å². The summed E-state index contributed by atoms with van der Waals surface area (Å²) in [6, 6.07) is 19.0. The minimum Gasteiger partial charge on any atom is -0.491 e. The molecule has 2 fully saturated rings. The molecule has 2 aromatic rings. The van der Waals surface area contributed by atoms with Crippen molar-refractivity contribution < 1.29 is 29.9 Å². The first-order chi connectivity index (χ1) is 45.3. The highest BCUT2D eigenvalue weighted by Gasteiger charge is 2.20. The first-order valence-electron chi connectivity index (χ1n) is 37.0. The molecular weight excluding hydrogens is 1130 g/mol. The van der Waals surface area contributed by atoms with Gasteiger partial charge in [-0.05, 0) is 202 Å². The molecule has 92 heavy (non-hydrogen) atoms. The average Bonchev–Trinajstić information content (AvgIpc) is 3.80. The van der Waals surface area contributed by atoms with Gasteiger partial charge in [-0.25, -0.2) is 0 Å². The quantitative estimate of drug-likeness (QED) is 0.0228. The fourth-order valence-corrected chi connectivity index (χ4v) is 10.3. The molecule has 6 nitrogen and oxygen atoms in total. The molecule has 0 heterocycles. The predicted molar refractivity (Wildman–Crippen MR) is 400 cm³/mol. The summed E-state index contributed by atoms with van der Waals surface area (Å²) in [4.78, 5) is 0. The number of ether oxygens (including phenoxy) is 2. The van der Waals surface area contributed by atoms with Crippen LogP contribution in [0.3, 0.4) is 0 Å². The van der Waals surface area contributed by atoms with E-state index < -0.39 is 18.3 Å². The fraction of sp³-hybridized carbons (Fsp3) is 0.581.